The van der Waals surface area contributed by atoms with Crippen LogP contribution in [0.4, 0.5) is 0 Å². The van der Waals surface area contributed by atoms with E-state index in [0.29, 0.717) is 12.6 Å². The number of aliphatic imine (C=N–C) groups is 1. The van der Waals surface area contributed by atoms with Gasteiger partial charge < -0.3 is 15.7 Å². The van der Waals surface area contributed by atoms with E-state index in [2.05, 4.69) is 41.6 Å². The summed E-state index contributed by atoms with van der Waals surface area (Å²) in [5.41, 5.74) is -0.587. The van der Waals surface area contributed by atoms with E-state index < -0.39 is 5.60 Å². The molecule has 1 fully saturated rings. The first-order chi connectivity index (χ1) is 10.0. The molecule has 2 rings (SSSR count). The third-order valence-corrected chi connectivity index (χ3v) is 5.83. The maximum Gasteiger partial charge on any atom is 0.191 e. The lowest BCUT2D eigenvalue weighted by atomic mass is 10.0. The second-order valence-electron chi connectivity index (χ2n) is 5.71. The lowest BCUT2D eigenvalue weighted by Gasteiger charge is -2.24. The molecule has 1 aliphatic heterocycles. The van der Waals surface area contributed by atoms with E-state index in [0.717, 1.165) is 30.3 Å². The second-order valence-corrected chi connectivity index (χ2v) is 8.19. The van der Waals surface area contributed by atoms with Gasteiger partial charge in [0.05, 0.1) is 5.60 Å². The predicted molar refractivity (Wildman–Crippen MR) is 109 cm³/mol. The average Bonchev–Trinajstić information content (AvgIpc) is 3.04. The summed E-state index contributed by atoms with van der Waals surface area (Å²) in [7, 11) is 1.77. The summed E-state index contributed by atoms with van der Waals surface area (Å²) in [5, 5.41) is 17.0. The van der Waals surface area contributed by atoms with Crippen molar-refractivity contribution < 1.29 is 5.11 Å². The van der Waals surface area contributed by atoms with Crippen LogP contribution in [0.25, 0.3) is 0 Å². The highest BCUT2D eigenvalue weighted by atomic mass is 127. The van der Waals surface area contributed by atoms with Gasteiger partial charge in [0.2, 0.25) is 0 Å². The zero-order valence-electron chi connectivity index (χ0n) is 13.4. The zero-order valence-corrected chi connectivity index (χ0v) is 17.4. The van der Waals surface area contributed by atoms with Crippen molar-refractivity contribution in [3.63, 3.8) is 0 Å². The van der Waals surface area contributed by atoms with Crippen molar-refractivity contribution >= 4 is 53.0 Å². The van der Waals surface area contributed by atoms with Gasteiger partial charge in [-0.1, -0.05) is 0 Å². The maximum atomic E-state index is 10.3. The molecule has 1 aromatic heterocycles. The van der Waals surface area contributed by atoms with E-state index in [-0.39, 0.29) is 24.0 Å². The van der Waals surface area contributed by atoms with Crippen molar-refractivity contribution in [2.24, 2.45) is 4.99 Å². The molecular weight excluding hydrogens is 429 g/mol. The molecule has 0 amide bonds. The summed E-state index contributed by atoms with van der Waals surface area (Å²) in [6.07, 6.45) is 1.84. The zero-order chi connectivity index (χ0) is 15.3. The van der Waals surface area contributed by atoms with Crippen molar-refractivity contribution in [1.82, 2.24) is 10.6 Å². The number of thiophene rings is 1. The van der Waals surface area contributed by atoms with Crippen molar-refractivity contribution in [3.05, 3.63) is 21.9 Å². The normalized spacial score (nSPS) is 23.0. The number of aryl methyl sites for hydroxylation is 1. The number of hydrogen-bond donors (Lipinski definition) is 3. The van der Waals surface area contributed by atoms with Crippen LogP contribution < -0.4 is 10.6 Å². The Bertz CT molecular complexity index is 487. The van der Waals surface area contributed by atoms with Gasteiger partial charge in [-0.3, -0.25) is 4.99 Å². The van der Waals surface area contributed by atoms with Crippen LogP contribution in [0.2, 0.25) is 0 Å². The average molecular weight is 455 g/mol. The Morgan fingerprint density at radius 2 is 2.27 bits per heavy atom. The first kappa shape index (κ1) is 20.1. The van der Waals surface area contributed by atoms with Crippen molar-refractivity contribution in [3.8, 4) is 0 Å². The third-order valence-electron chi connectivity index (χ3n) is 3.58. The van der Waals surface area contributed by atoms with Gasteiger partial charge in [-0.2, -0.15) is 11.8 Å². The summed E-state index contributed by atoms with van der Waals surface area (Å²) in [4.78, 5) is 6.98. The maximum absolute atomic E-state index is 10.3. The van der Waals surface area contributed by atoms with Gasteiger partial charge in [0.25, 0.3) is 0 Å². The number of hydrogen-bond acceptors (Lipinski definition) is 4. The lowest BCUT2D eigenvalue weighted by molar-refractivity contribution is 0.0724. The van der Waals surface area contributed by atoms with Gasteiger partial charge in [0.15, 0.2) is 5.96 Å². The number of nitrogens with one attached hydrogen (secondary N) is 2. The lowest BCUT2D eigenvalue weighted by Crippen LogP contribution is -2.49. The molecule has 1 aromatic rings. The number of halogens is 1. The molecule has 0 saturated carbocycles. The summed E-state index contributed by atoms with van der Waals surface area (Å²) >= 11 is 3.65. The van der Waals surface area contributed by atoms with Crippen LogP contribution in [-0.2, 0) is 6.42 Å². The predicted octanol–water partition coefficient (Wildman–Crippen LogP) is 2.64. The highest BCUT2D eigenvalue weighted by Gasteiger charge is 2.31. The minimum atomic E-state index is -0.587. The van der Waals surface area contributed by atoms with Crippen LogP contribution in [0, 0.1) is 6.92 Å². The fraction of sp³-hybridized carbons (Fsp3) is 0.667. The van der Waals surface area contributed by atoms with Gasteiger partial charge in [0.1, 0.15) is 0 Å². The molecule has 1 saturated heterocycles. The molecule has 2 unspecified atom stereocenters. The van der Waals surface area contributed by atoms with Gasteiger partial charge in [-0.05, 0) is 38.2 Å². The Labute approximate surface area is 158 Å². The fourth-order valence-corrected chi connectivity index (χ4v) is 4.67. The standard InChI is InChI=1S/C15H25N3OS2.HI/c1-11(8-13-5-4-12(2)21-13)18-14(16-3)17-9-15(19)6-7-20-10-15;/h4-5,11,19H,6-10H2,1-3H3,(H2,16,17,18);1H. The van der Waals surface area contributed by atoms with E-state index in [1.807, 2.05) is 23.1 Å². The van der Waals surface area contributed by atoms with Crippen LogP contribution in [-0.4, -0.2) is 47.8 Å². The highest BCUT2D eigenvalue weighted by molar-refractivity contribution is 14.0. The molecule has 0 spiro atoms. The molecule has 2 atom stereocenters. The molecule has 22 heavy (non-hydrogen) atoms. The van der Waals surface area contributed by atoms with Crippen molar-refractivity contribution in [2.45, 2.75) is 38.3 Å². The largest absolute Gasteiger partial charge is 0.387 e. The van der Waals surface area contributed by atoms with Crippen LogP contribution in [0.5, 0.6) is 0 Å². The molecule has 0 aliphatic carbocycles. The molecule has 0 bridgehead atoms. The Hall–Kier alpha value is 0.01000. The highest BCUT2D eigenvalue weighted by Crippen LogP contribution is 2.26. The van der Waals surface area contributed by atoms with Crippen molar-refractivity contribution in [1.29, 1.82) is 0 Å². The minimum Gasteiger partial charge on any atom is -0.387 e. The van der Waals surface area contributed by atoms with E-state index in [1.165, 1.54) is 9.75 Å². The van der Waals surface area contributed by atoms with Crippen LogP contribution in [0.15, 0.2) is 17.1 Å². The van der Waals surface area contributed by atoms with E-state index in [9.17, 15) is 5.11 Å². The summed E-state index contributed by atoms with van der Waals surface area (Å²) < 4.78 is 0. The fourth-order valence-electron chi connectivity index (χ4n) is 2.36. The van der Waals surface area contributed by atoms with Crippen LogP contribution >= 0.6 is 47.1 Å². The molecule has 1 aliphatic rings. The van der Waals surface area contributed by atoms with E-state index in [4.69, 9.17) is 0 Å². The van der Waals surface area contributed by atoms with Gasteiger partial charge in [-0.25, -0.2) is 0 Å². The molecule has 0 aromatic carbocycles. The number of nitrogens with zero attached hydrogens (tertiary/aromatic N) is 1. The van der Waals surface area contributed by atoms with Crippen LogP contribution in [0.1, 0.15) is 23.1 Å². The van der Waals surface area contributed by atoms with Gasteiger partial charge in [-0.15, -0.1) is 35.3 Å². The third kappa shape index (κ3) is 6.25. The first-order valence-electron chi connectivity index (χ1n) is 7.33. The van der Waals surface area contributed by atoms with E-state index in [1.54, 1.807) is 7.05 Å². The number of aliphatic hydroxyl groups is 1. The van der Waals surface area contributed by atoms with Crippen molar-refractivity contribution in [2.75, 3.05) is 25.1 Å². The Kier molecular flexibility index (Phi) is 8.52. The topological polar surface area (TPSA) is 56.7 Å². The second kappa shape index (κ2) is 9.34. The molecule has 2 heterocycles. The summed E-state index contributed by atoms with van der Waals surface area (Å²) in [6, 6.07) is 4.65. The monoisotopic (exact) mass is 455 g/mol. The molecule has 126 valence electrons. The first-order valence-corrected chi connectivity index (χ1v) is 9.30. The van der Waals surface area contributed by atoms with Gasteiger partial charge in [0, 0.05) is 41.6 Å². The Morgan fingerprint density at radius 1 is 1.50 bits per heavy atom. The van der Waals surface area contributed by atoms with Gasteiger partial charge >= 0.3 is 0 Å². The quantitative estimate of drug-likeness (QED) is 0.363. The Morgan fingerprint density at radius 3 is 2.82 bits per heavy atom. The molecule has 7 heteroatoms. The molecule has 0 radical (unpaired) electrons. The summed E-state index contributed by atoms with van der Waals surface area (Å²) in [5.74, 6) is 2.61. The number of guanidine groups is 1. The molecular formula is C15H26IN3OS2. The van der Waals surface area contributed by atoms with Crippen LogP contribution in [0.3, 0.4) is 0 Å². The number of thioether (sulfide) groups is 1. The number of rotatable bonds is 5. The smallest absolute Gasteiger partial charge is 0.191 e. The molecule has 3 N–H and O–H groups in total. The van der Waals surface area contributed by atoms with E-state index >= 15 is 0 Å². The molecule has 4 nitrogen and oxygen atoms in total. The minimum absolute atomic E-state index is 0. The summed E-state index contributed by atoms with van der Waals surface area (Å²) in [6.45, 7) is 4.85. The SMILES string of the molecule is CN=C(NCC1(O)CCSC1)NC(C)Cc1ccc(C)s1.I. The Balaban J connectivity index is 0.00000242.